The molecule has 5 nitrogen and oxygen atoms in total. The third-order valence-electron chi connectivity index (χ3n) is 6.92. The van der Waals surface area contributed by atoms with Crippen LogP contribution in [0.25, 0.3) is 44.9 Å². The number of imidazole rings is 1. The van der Waals surface area contributed by atoms with Crippen LogP contribution in [0.3, 0.4) is 0 Å². The second-order valence-corrected chi connectivity index (χ2v) is 11.7. The first kappa shape index (κ1) is 24.7. The molecule has 0 aliphatic rings. The van der Waals surface area contributed by atoms with Gasteiger partial charge in [0.1, 0.15) is 17.1 Å². The van der Waals surface area contributed by atoms with Crippen LogP contribution in [-0.2, 0) is 17.9 Å². The van der Waals surface area contributed by atoms with Crippen molar-refractivity contribution in [3.63, 3.8) is 0 Å². The summed E-state index contributed by atoms with van der Waals surface area (Å²) in [5.74, 6) is 0.975. The number of aryl methyl sites for hydroxylation is 1. The smallest absolute Gasteiger partial charge is 0.160 e. The normalized spacial score (nSPS) is 12.3. The first-order valence-electron chi connectivity index (χ1n) is 12.7. The Kier molecular flexibility index (Phi) is 5.90. The molecular weight excluding hydrogens is 456 g/mol. The monoisotopic (exact) mass is 490 g/mol. The molecule has 0 amide bonds. The van der Waals surface area contributed by atoms with Crippen LogP contribution >= 0.6 is 0 Å². The van der Waals surface area contributed by atoms with E-state index in [0.29, 0.717) is 5.82 Å². The molecule has 5 heteroatoms. The van der Waals surface area contributed by atoms with E-state index in [9.17, 15) is 5.11 Å². The second kappa shape index (κ2) is 8.84. The third-order valence-corrected chi connectivity index (χ3v) is 6.92. The molecule has 0 atom stereocenters. The van der Waals surface area contributed by atoms with Gasteiger partial charge in [-0.25, -0.2) is 9.97 Å². The number of rotatable bonds is 3. The van der Waals surface area contributed by atoms with E-state index >= 15 is 0 Å². The maximum absolute atomic E-state index is 11.5. The summed E-state index contributed by atoms with van der Waals surface area (Å²) in [5, 5.41) is 11.5. The van der Waals surface area contributed by atoms with Gasteiger partial charge in [0.15, 0.2) is 5.65 Å². The van der Waals surface area contributed by atoms with Crippen LogP contribution < -0.4 is 0 Å². The molecule has 3 heterocycles. The van der Waals surface area contributed by atoms with Gasteiger partial charge in [-0.2, -0.15) is 0 Å². The molecule has 3 aromatic heterocycles. The van der Waals surface area contributed by atoms with Gasteiger partial charge < -0.3 is 9.67 Å². The predicted molar refractivity (Wildman–Crippen MR) is 152 cm³/mol. The molecule has 5 rings (SSSR count). The minimum Gasteiger partial charge on any atom is -0.507 e. The fourth-order valence-corrected chi connectivity index (χ4v) is 4.74. The molecule has 0 bridgehead atoms. The summed E-state index contributed by atoms with van der Waals surface area (Å²) in [6, 6.07) is 20.5. The molecule has 0 aliphatic heterocycles. The number of nitrogens with zero attached hydrogens (tertiary/aromatic N) is 4. The van der Waals surface area contributed by atoms with Crippen LogP contribution in [0.2, 0.25) is 0 Å². The van der Waals surface area contributed by atoms with Crippen molar-refractivity contribution in [1.29, 1.82) is 0 Å². The van der Waals surface area contributed by atoms with Crippen molar-refractivity contribution >= 4 is 11.2 Å². The Morgan fingerprint density at radius 2 is 1.49 bits per heavy atom. The molecule has 0 saturated carbocycles. The molecule has 188 valence electrons. The van der Waals surface area contributed by atoms with Gasteiger partial charge in [-0.15, -0.1) is 0 Å². The molecule has 0 radical (unpaired) electrons. The van der Waals surface area contributed by atoms with E-state index in [2.05, 4.69) is 81.8 Å². The van der Waals surface area contributed by atoms with Crippen molar-refractivity contribution in [3.8, 4) is 39.5 Å². The number of phenolic OH excluding ortho intramolecular Hbond substituents is 1. The summed E-state index contributed by atoms with van der Waals surface area (Å²) in [6.07, 6.45) is 3.63. The topological polar surface area (TPSA) is 63.8 Å². The summed E-state index contributed by atoms with van der Waals surface area (Å²) in [5.41, 5.74) is 8.08. The highest BCUT2D eigenvalue weighted by atomic mass is 16.3. The maximum atomic E-state index is 11.5. The van der Waals surface area contributed by atoms with Gasteiger partial charge in [-0.1, -0.05) is 71.9 Å². The Morgan fingerprint density at radius 3 is 2.16 bits per heavy atom. The van der Waals surface area contributed by atoms with Gasteiger partial charge in [0.2, 0.25) is 0 Å². The number of aromatic hydroxyl groups is 1. The van der Waals surface area contributed by atoms with E-state index < -0.39 is 0 Å². The lowest BCUT2D eigenvalue weighted by molar-refractivity contribution is 0.446. The lowest BCUT2D eigenvalue weighted by Crippen LogP contribution is -2.17. The summed E-state index contributed by atoms with van der Waals surface area (Å²) in [4.78, 5) is 14.3. The zero-order valence-electron chi connectivity index (χ0n) is 22.7. The highest BCUT2D eigenvalue weighted by Crippen LogP contribution is 2.42. The summed E-state index contributed by atoms with van der Waals surface area (Å²) in [7, 11) is 1.96. The van der Waals surface area contributed by atoms with Crippen LogP contribution in [-0.4, -0.2) is 24.6 Å². The standard InChI is InChI=1S/C32H34N4O/c1-31(2,3)22-18-24(28(37)25(19-22)32(4,5)6)29-35-27-23(14-16-34-30(27)36(29)7)20-11-10-12-21(17-20)26-13-8-9-15-33-26/h8-19,37H,1-7H3. The molecule has 0 spiro atoms. The first-order chi connectivity index (χ1) is 17.4. The summed E-state index contributed by atoms with van der Waals surface area (Å²) >= 11 is 0. The van der Waals surface area contributed by atoms with Gasteiger partial charge >= 0.3 is 0 Å². The van der Waals surface area contributed by atoms with Crippen LogP contribution in [0.15, 0.2) is 73.1 Å². The van der Waals surface area contributed by atoms with Gasteiger partial charge in [0.25, 0.3) is 0 Å². The van der Waals surface area contributed by atoms with Gasteiger partial charge in [-0.3, -0.25) is 4.98 Å². The molecule has 37 heavy (non-hydrogen) atoms. The molecule has 1 N–H and O–H groups in total. The highest BCUT2D eigenvalue weighted by molar-refractivity contribution is 5.93. The molecule has 5 aromatic rings. The Morgan fingerprint density at radius 1 is 0.730 bits per heavy atom. The number of benzene rings is 2. The molecule has 0 fully saturated rings. The third kappa shape index (κ3) is 4.50. The number of pyridine rings is 2. The highest BCUT2D eigenvalue weighted by Gasteiger charge is 2.27. The van der Waals surface area contributed by atoms with Crippen molar-refractivity contribution in [2.75, 3.05) is 0 Å². The first-order valence-corrected chi connectivity index (χ1v) is 12.7. The lowest BCUT2D eigenvalue weighted by atomic mass is 9.79. The Balaban J connectivity index is 1.73. The summed E-state index contributed by atoms with van der Waals surface area (Å²) in [6.45, 7) is 13.0. The van der Waals surface area contributed by atoms with Crippen LogP contribution in [0.1, 0.15) is 52.7 Å². The molecule has 0 aliphatic carbocycles. The average Bonchev–Trinajstić information content (AvgIpc) is 3.19. The zero-order chi connectivity index (χ0) is 26.5. The largest absolute Gasteiger partial charge is 0.507 e. The molecule has 0 unspecified atom stereocenters. The quantitative estimate of drug-likeness (QED) is 0.282. The van der Waals surface area contributed by atoms with Crippen LogP contribution in [0, 0.1) is 0 Å². The fourth-order valence-electron chi connectivity index (χ4n) is 4.74. The van der Waals surface area contributed by atoms with E-state index in [1.165, 1.54) is 0 Å². The predicted octanol–water partition coefficient (Wildman–Crippen LogP) is 7.66. The molecule has 0 saturated heterocycles. The van der Waals surface area contributed by atoms with E-state index in [1.54, 1.807) is 0 Å². The van der Waals surface area contributed by atoms with Crippen LogP contribution in [0.4, 0.5) is 0 Å². The Hall–Kier alpha value is -3.99. The van der Waals surface area contributed by atoms with Crippen LogP contribution in [0.5, 0.6) is 5.75 Å². The number of phenols is 1. The average molecular weight is 491 g/mol. The lowest BCUT2D eigenvalue weighted by Gasteiger charge is -2.27. The van der Waals surface area contributed by atoms with Crippen molar-refractivity contribution in [1.82, 2.24) is 19.5 Å². The number of hydrogen-bond acceptors (Lipinski definition) is 4. The van der Waals surface area contributed by atoms with Crippen molar-refractivity contribution < 1.29 is 5.11 Å². The number of aromatic nitrogens is 4. The van der Waals surface area contributed by atoms with E-state index in [-0.39, 0.29) is 16.6 Å². The minimum absolute atomic E-state index is 0.0810. The number of hydrogen-bond donors (Lipinski definition) is 1. The fraction of sp³-hybridized carbons (Fsp3) is 0.281. The Labute approximate surface area is 218 Å². The van der Waals surface area contributed by atoms with Crippen molar-refractivity contribution in [2.24, 2.45) is 7.05 Å². The van der Waals surface area contributed by atoms with E-state index in [1.807, 2.05) is 54.3 Å². The molecule has 2 aromatic carbocycles. The van der Waals surface area contributed by atoms with Gasteiger partial charge in [0, 0.05) is 36.1 Å². The van der Waals surface area contributed by atoms with Crippen molar-refractivity contribution in [3.05, 3.63) is 84.2 Å². The van der Waals surface area contributed by atoms with Gasteiger partial charge in [-0.05, 0) is 52.3 Å². The SMILES string of the molecule is Cn1c(-c2cc(C(C)(C)C)cc(C(C)(C)C)c2O)nc2c(-c3cccc(-c4ccccn4)c3)ccnc21. The zero-order valence-corrected chi connectivity index (χ0v) is 22.7. The molecular formula is C32H34N4O. The van der Waals surface area contributed by atoms with Gasteiger partial charge in [0.05, 0.1) is 11.3 Å². The number of fused-ring (bicyclic) bond motifs is 1. The maximum Gasteiger partial charge on any atom is 0.160 e. The summed E-state index contributed by atoms with van der Waals surface area (Å²) < 4.78 is 1.98. The van der Waals surface area contributed by atoms with Crippen molar-refractivity contribution in [2.45, 2.75) is 52.4 Å². The minimum atomic E-state index is -0.222. The second-order valence-electron chi connectivity index (χ2n) is 11.7. The van der Waals surface area contributed by atoms with E-state index in [4.69, 9.17) is 4.98 Å². The Bertz CT molecular complexity index is 1600. The van der Waals surface area contributed by atoms with E-state index in [0.717, 1.165) is 50.2 Å².